The van der Waals surface area contributed by atoms with Gasteiger partial charge in [0.05, 0.1) is 18.9 Å². The maximum absolute atomic E-state index is 12.7. The Bertz CT molecular complexity index is 1330. The summed E-state index contributed by atoms with van der Waals surface area (Å²) in [4.78, 5) is 25.0. The van der Waals surface area contributed by atoms with Crippen LogP contribution in [0.4, 0.5) is 0 Å². The minimum absolute atomic E-state index is 0.0640. The molecule has 0 aliphatic carbocycles. The largest absolute Gasteiger partial charge is 0.508 e. The fourth-order valence-electron chi connectivity index (χ4n) is 3.22. The summed E-state index contributed by atoms with van der Waals surface area (Å²) in [6.45, 7) is 0. The third kappa shape index (κ3) is 4.99. The van der Waals surface area contributed by atoms with Crippen molar-refractivity contribution in [3.63, 3.8) is 0 Å². The van der Waals surface area contributed by atoms with Crippen molar-refractivity contribution in [3.8, 4) is 17.2 Å². The van der Waals surface area contributed by atoms with E-state index in [1.54, 1.807) is 37.4 Å². The maximum Gasteiger partial charge on any atom is 0.343 e. The van der Waals surface area contributed by atoms with Gasteiger partial charge >= 0.3 is 5.97 Å². The number of nitrogens with zero attached hydrogens (tertiary/aromatic N) is 1. The molecule has 4 rings (SSSR count). The highest BCUT2D eigenvalue weighted by Crippen LogP contribution is 2.27. The second-order valence-corrected chi connectivity index (χ2v) is 7.06. The molecule has 1 amide bonds. The van der Waals surface area contributed by atoms with Crippen LogP contribution in [0.15, 0.2) is 90.0 Å². The van der Waals surface area contributed by atoms with E-state index in [9.17, 15) is 14.7 Å². The number of aromatic hydroxyl groups is 1. The number of nitrogens with one attached hydrogen (secondary N) is 1. The van der Waals surface area contributed by atoms with E-state index in [-0.39, 0.29) is 5.75 Å². The van der Waals surface area contributed by atoms with Gasteiger partial charge in [-0.15, -0.1) is 0 Å². The minimum atomic E-state index is -0.532. The van der Waals surface area contributed by atoms with Gasteiger partial charge in [0.2, 0.25) is 0 Å². The number of rotatable bonds is 6. The predicted octanol–water partition coefficient (Wildman–Crippen LogP) is 4.54. The van der Waals surface area contributed by atoms with Crippen LogP contribution in [0.25, 0.3) is 10.8 Å². The zero-order chi connectivity index (χ0) is 23.2. The summed E-state index contributed by atoms with van der Waals surface area (Å²) >= 11 is 0. The Balaban J connectivity index is 1.60. The Morgan fingerprint density at radius 3 is 2.30 bits per heavy atom. The van der Waals surface area contributed by atoms with E-state index >= 15 is 0 Å². The Hall–Kier alpha value is -4.65. The summed E-state index contributed by atoms with van der Waals surface area (Å²) < 4.78 is 10.8. The average molecular weight is 440 g/mol. The fraction of sp³-hybridized carbons (Fsp3) is 0.0385. The van der Waals surface area contributed by atoms with Crippen LogP contribution in [0.5, 0.6) is 17.2 Å². The number of ether oxygens (including phenoxy) is 2. The second-order valence-electron chi connectivity index (χ2n) is 7.06. The van der Waals surface area contributed by atoms with Gasteiger partial charge in [0, 0.05) is 11.1 Å². The number of benzene rings is 4. The van der Waals surface area contributed by atoms with Crippen molar-refractivity contribution in [3.05, 3.63) is 102 Å². The van der Waals surface area contributed by atoms with Gasteiger partial charge in [-0.25, -0.2) is 10.2 Å². The molecule has 0 radical (unpaired) electrons. The lowest BCUT2D eigenvalue weighted by Crippen LogP contribution is -2.17. The van der Waals surface area contributed by atoms with Crippen LogP contribution in [0, 0.1) is 0 Å². The van der Waals surface area contributed by atoms with Crippen molar-refractivity contribution >= 4 is 28.9 Å². The molecule has 0 fully saturated rings. The zero-order valence-corrected chi connectivity index (χ0v) is 17.7. The Labute approximate surface area is 189 Å². The molecule has 33 heavy (non-hydrogen) atoms. The van der Waals surface area contributed by atoms with Crippen LogP contribution in [-0.2, 0) is 0 Å². The van der Waals surface area contributed by atoms with Crippen LogP contribution in [0.3, 0.4) is 0 Å². The molecule has 0 aliphatic heterocycles. The number of carbonyl (C=O) groups excluding carboxylic acids is 2. The van der Waals surface area contributed by atoms with Crippen molar-refractivity contribution in [1.29, 1.82) is 0 Å². The molecule has 0 unspecified atom stereocenters. The topological polar surface area (TPSA) is 97.2 Å². The standard InChI is InChI=1S/C26H20N2O5/c1-32-21-13-8-19(9-14-21)26(31)33-24-15-10-17-4-2-3-5-22(17)23(24)16-27-28-25(30)18-6-11-20(29)12-7-18/h2-16,29H,1H3,(H,28,30)/b27-16+. The molecule has 164 valence electrons. The number of amides is 1. The Morgan fingerprint density at radius 2 is 1.58 bits per heavy atom. The van der Waals surface area contributed by atoms with Crippen molar-refractivity contribution in [2.24, 2.45) is 5.10 Å². The molecule has 2 N–H and O–H groups in total. The smallest absolute Gasteiger partial charge is 0.343 e. The molecule has 0 spiro atoms. The molecule has 0 saturated heterocycles. The van der Waals surface area contributed by atoms with Crippen LogP contribution in [0.2, 0.25) is 0 Å². The van der Waals surface area contributed by atoms with E-state index in [4.69, 9.17) is 9.47 Å². The molecule has 4 aromatic rings. The third-order valence-corrected chi connectivity index (χ3v) is 4.95. The monoisotopic (exact) mass is 440 g/mol. The summed E-state index contributed by atoms with van der Waals surface area (Å²) in [5.74, 6) is 0.0275. The first-order valence-corrected chi connectivity index (χ1v) is 10.1. The molecular weight excluding hydrogens is 420 g/mol. The van der Waals surface area contributed by atoms with Gasteiger partial charge in [-0.1, -0.05) is 30.3 Å². The van der Waals surface area contributed by atoms with Gasteiger partial charge in [-0.3, -0.25) is 4.79 Å². The molecule has 0 atom stereocenters. The molecule has 7 heteroatoms. The molecule has 0 aromatic heterocycles. The normalized spacial score (nSPS) is 10.8. The Morgan fingerprint density at radius 1 is 0.879 bits per heavy atom. The highest BCUT2D eigenvalue weighted by Gasteiger charge is 2.14. The number of carbonyl (C=O) groups is 2. The molecule has 4 aromatic carbocycles. The predicted molar refractivity (Wildman–Crippen MR) is 125 cm³/mol. The first kappa shape index (κ1) is 21.6. The highest BCUT2D eigenvalue weighted by atomic mass is 16.5. The molecular formula is C26H20N2O5. The fourth-order valence-corrected chi connectivity index (χ4v) is 3.22. The molecule has 0 aliphatic rings. The zero-order valence-electron chi connectivity index (χ0n) is 17.7. The van der Waals surface area contributed by atoms with Crippen molar-refractivity contribution < 1.29 is 24.2 Å². The lowest BCUT2D eigenvalue weighted by atomic mass is 10.0. The molecule has 0 saturated carbocycles. The van der Waals surface area contributed by atoms with E-state index in [0.717, 1.165) is 10.8 Å². The summed E-state index contributed by atoms with van der Waals surface area (Å²) in [5, 5.41) is 15.2. The minimum Gasteiger partial charge on any atom is -0.508 e. The van der Waals surface area contributed by atoms with Crippen molar-refractivity contribution in [2.45, 2.75) is 0 Å². The number of fused-ring (bicyclic) bond motifs is 1. The number of methoxy groups -OCH3 is 1. The van der Waals surface area contributed by atoms with Crippen LogP contribution < -0.4 is 14.9 Å². The molecule has 0 heterocycles. The van der Waals surface area contributed by atoms with Gasteiger partial charge in [-0.05, 0) is 65.4 Å². The first-order chi connectivity index (χ1) is 16.0. The highest BCUT2D eigenvalue weighted by molar-refractivity contribution is 6.04. The van der Waals surface area contributed by atoms with E-state index in [1.807, 2.05) is 30.3 Å². The second kappa shape index (κ2) is 9.65. The van der Waals surface area contributed by atoms with E-state index in [0.29, 0.717) is 28.2 Å². The summed E-state index contributed by atoms with van der Waals surface area (Å²) in [6, 6.07) is 23.5. The van der Waals surface area contributed by atoms with E-state index in [2.05, 4.69) is 10.5 Å². The molecule has 7 nitrogen and oxygen atoms in total. The quantitative estimate of drug-likeness (QED) is 0.199. The number of phenols is 1. The summed E-state index contributed by atoms with van der Waals surface area (Å²) in [5.41, 5.74) is 3.70. The number of hydrogen-bond donors (Lipinski definition) is 2. The number of esters is 1. The SMILES string of the molecule is COc1ccc(C(=O)Oc2ccc3ccccc3c2/C=N/NC(=O)c2ccc(O)cc2)cc1. The van der Waals surface area contributed by atoms with Gasteiger partial charge < -0.3 is 14.6 Å². The van der Waals surface area contributed by atoms with Crippen molar-refractivity contribution in [2.75, 3.05) is 7.11 Å². The summed E-state index contributed by atoms with van der Waals surface area (Å²) in [7, 11) is 1.55. The third-order valence-electron chi connectivity index (χ3n) is 4.95. The van der Waals surface area contributed by atoms with E-state index in [1.165, 1.54) is 30.5 Å². The van der Waals surface area contributed by atoms with Crippen LogP contribution in [0.1, 0.15) is 26.3 Å². The van der Waals surface area contributed by atoms with Crippen LogP contribution in [-0.4, -0.2) is 30.3 Å². The van der Waals surface area contributed by atoms with Gasteiger partial charge in [0.1, 0.15) is 17.2 Å². The summed E-state index contributed by atoms with van der Waals surface area (Å²) in [6.07, 6.45) is 1.44. The van der Waals surface area contributed by atoms with Crippen molar-refractivity contribution in [1.82, 2.24) is 5.43 Å². The average Bonchev–Trinajstić information content (AvgIpc) is 2.85. The molecule has 0 bridgehead atoms. The number of hydrazone groups is 1. The Kier molecular flexibility index (Phi) is 6.31. The lowest BCUT2D eigenvalue weighted by molar-refractivity contribution is 0.0734. The van der Waals surface area contributed by atoms with Crippen LogP contribution >= 0.6 is 0 Å². The first-order valence-electron chi connectivity index (χ1n) is 10.1. The van der Waals surface area contributed by atoms with Gasteiger partial charge in [-0.2, -0.15) is 5.10 Å². The lowest BCUT2D eigenvalue weighted by Gasteiger charge is -2.11. The van der Waals surface area contributed by atoms with Gasteiger partial charge in [0.15, 0.2) is 0 Å². The van der Waals surface area contributed by atoms with E-state index < -0.39 is 11.9 Å². The maximum atomic E-state index is 12.7. The number of hydrogen-bond acceptors (Lipinski definition) is 6. The number of phenolic OH excluding ortho intramolecular Hbond substituents is 1. The van der Waals surface area contributed by atoms with Gasteiger partial charge in [0.25, 0.3) is 5.91 Å².